The van der Waals surface area contributed by atoms with Crippen molar-refractivity contribution in [2.75, 3.05) is 13.6 Å². The fraction of sp³-hybridized carbons (Fsp3) is 0.280. The Balaban J connectivity index is 1.63. The Morgan fingerprint density at radius 3 is 2.76 bits per heavy atom. The molecule has 0 bridgehead atoms. The lowest BCUT2D eigenvalue weighted by Crippen LogP contribution is -2.27. The van der Waals surface area contributed by atoms with Crippen LogP contribution in [-0.2, 0) is 25.0 Å². The van der Waals surface area contributed by atoms with Gasteiger partial charge in [0.25, 0.3) is 0 Å². The summed E-state index contributed by atoms with van der Waals surface area (Å²) in [5.41, 5.74) is 5.04. The molecular weight excluding hydrogens is 454 g/mol. The Morgan fingerprint density at radius 2 is 2.03 bits per heavy atom. The van der Waals surface area contributed by atoms with Gasteiger partial charge in [-0.15, -0.1) is 0 Å². The maximum atomic E-state index is 12.1. The van der Waals surface area contributed by atoms with Gasteiger partial charge in [-0.1, -0.05) is 23.7 Å². The number of fused-ring (bicyclic) bond motifs is 1. The summed E-state index contributed by atoms with van der Waals surface area (Å²) in [6, 6.07) is 9.86. The molecule has 1 amide bonds. The monoisotopic (exact) mass is 479 g/mol. The van der Waals surface area contributed by atoms with E-state index < -0.39 is 6.09 Å². The predicted octanol–water partition coefficient (Wildman–Crippen LogP) is 5.16. The molecule has 0 spiro atoms. The largest absolute Gasteiger partial charge is 0.487 e. The Morgan fingerprint density at radius 1 is 1.21 bits per heavy atom. The number of carbonyl (C=O) groups excluding carboxylic acids is 1. The SMILES string of the molecule is CCN(C)C(=O)OCc1cncc(Cl)c1COc1cccc2c(-c3ccnn3C)cc(C)nc12. The molecule has 0 saturated heterocycles. The van der Waals surface area contributed by atoms with E-state index in [2.05, 4.69) is 10.1 Å². The van der Waals surface area contributed by atoms with Gasteiger partial charge in [-0.05, 0) is 32.0 Å². The summed E-state index contributed by atoms with van der Waals surface area (Å²) in [6.07, 6.45) is 4.55. The van der Waals surface area contributed by atoms with E-state index in [1.807, 2.05) is 55.9 Å². The minimum Gasteiger partial charge on any atom is -0.487 e. The van der Waals surface area contributed by atoms with Gasteiger partial charge in [0.2, 0.25) is 0 Å². The Kier molecular flexibility index (Phi) is 6.98. The van der Waals surface area contributed by atoms with Crippen molar-refractivity contribution >= 4 is 28.6 Å². The third-order valence-electron chi connectivity index (χ3n) is 5.63. The first-order valence-corrected chi connectivity index (χ1v) is 11.3. The number of nitrogens with zero attached hydrogens (tertiary/aromatic N) is 5. The number of pyridine rings is 2. The number of ether oxygens (including phenoxy) is 2. The third-order valence-corrected chi connectivity index (χ3v) is 5.96. The summed E-state index contributed by atoms with van der Waals surface area (Å²) < 4.78 is 13.4. The number of aryl methyl sites for hydroxylation is 2. The topological polar surface area (TPSA) is 82.4 Å². The molecule has 0 aliphatic rings. The van der Waals surface area contributed by atoms with Gasteiger partial charge in [0.15, 0.2) is 0 Å². The lowest BCUT2D eigenvalue weighted by Gasteiger charge is -2.17. The molecule has 0 radical (unpaired) electrons. The van der Waals surface area contributed by atoms with Crippen molar-refractivity contribution in [3.63, 3.8) is 0 Å². The number of hydrogen-bond acceptors (Lipinski definition) is 6. The van der Waals surface area contributed by atoms with Crippen LogP contribution in [0.4, 0.5) is 4.79 Å². The summed E-state index contributed by atoms with van der Waals surface area (Å²) >= 11 is 6.44. The fourth-order valence-corrected chi connectivity index (χ4v) is 3.87. The molecule has 0 unspecified atom stereocenters. The highest BCUT2D eigenvalue weighted by atomic mass is 35.5. The van der Waals surface area contributed by atoms with Crippen LogP contribution in [-0.4, -0.2) is 44.3 Å². The maximum Gasteiger partial charge on any atom is 0.409 e. The van der Waals surface area contributed by atoms with Crippen molar-refractivity contribution in [1.82, 2.24) is 24.6 Å². The minimum atomic E-state index is -0.411. The van der Waals surface area contributed by atoms with E-state index in [1.54, 1.807) is 25.6 Å². The van der Waals surface area contributed by atoms with Crippen LogP contribution in [0.1, 0.15) is 23.7 Å². The number of carbonyl (C=O) groups is 1. The summed E-state index contributed by atoms with van der Waals surface area (Å²) in [5.74, 6) is 0.631. The van der Waals surface area contributed by atoms with Gasteiger partial charge >= 0.3 is 6.09 Å². The first kappa shape index (κ1) is 23.5. The first-order valence-electron chi connectivity index (χ1n) is 10.9. The van der Waals surface area contributed by atoms with Crippen LogP contribution in [0, 0.1) is 6.92 Å². The first-order chi connectivity index (χ1) is 16.4. The second-order valence-corrected chi connectivity index (χ2v) is 8.33. The molecule has 9 heteroatoms. The smallest absolute Gasteiger partial charge is 0.409 e. The van der Waals surface area contributed by atoms with E-state index in [0.717, 1.165) is 27.9 Å². The van der Waals surface area contributed by atoms with Crippen molar-refractivity contribution in [2.24, 2.45) is 7.05 Å². The Bertz CT molecular complexity index is 1340. The molecular formula is C25H26ClN5O3. The number of para-hydroxylation sites is 1. The van der Waals surface area contributed by atoms with Gasteiger partial charge in [-0.3, -0.25) is 9.67 Å². The molecule has 3 heterocycles. The van der Waals surface area contributed by atoms with Gasteiger partial charge in [-0.25, -0.2) is 9.78 Å². The molecule has 0 N–H and O–H groups in total. The Hall–Kier alpha value is -3.65. The van der Waals surface area contributed by atoms with E-state index in [1.165, 1.54) is 4.90 Å². The highest BCUT2D eigenvalue weighted by Gasteiger charge is 2.16. The molecule has 0 saturated carbocycles. The molecule has 0 atom stereocenters. The lowest BCUT2D eigenvalue weighted by atomic mass is 10.0. The molecule has 0 aliphatic heterocycles. The number of benzene rings is 1. The molecule has 4 rings (SSSR count). The Labute approximate surface area is 203 Å². The highest BCUT2D eigenvalue weighted by Crippen LogP contribution is 2.33. The summed E-state index contributed by atoms with van der Waals surface area (Å²) in [7, 11) is 3.59. The van der Waals surface area contributed by atoms with Gasteiger partial charge in [0.05, 0.1) is 10.7 Å². The zero-order chi connectivity index (χ0) is 24.2. The van der Waals surface area contributed by atoms with Crippen LogP contribution in [0.5, 0.6) is 5.75 Å². The second kappa shape index (κ2) is 10.1. The molecule has 34 heavy (non-hydrogen) atoms. The average molecular weight is 480 g/mol. The minimum absolute atomic E-state index is 0.0486. The summed E-state index contributed by atoms with van der Waals surface area (Å²) in [4.78, 5) is 22.4. The molecule has 1 aromatic carbocycles. The normalized spacial score (nSPS) is 11.0. The van der Waals surface area contributed by atoms with Crippen LogP contribution in [0.25, 0.3) is 22.2 Å². The number of halogens is 1. The molecule has 176 valence electrons. The van der Waals surface area contributed by atoms with E-state index in [-0.39, 0.29) is 13.2 Å². The van der Waals surface area contributed by atoms with Crippen LogP contribution in [0.15, 0.2) is 48.9 Å². The van der Waals surface area contributed by atoms with Crippen molar-refractivity contribution in [3.8, 4) is 17.0 Å². The number of rotatable bonds is 7. The molecule has 4 aromatic rings. The molecule has 8 nitrogen and oxygen atoms in total. The number of hydrogen-bond donors (Lipinski definition) is 0. The van der Waals surface area contributed by atoms with Gasteiger partial charge in [-0.2, -0.15) is 5.10 Å². The van der Waals surface area contributed by atoms with Gasteiger partial charge in [0.1, 0.15) is 24.5 Å². The highest BCUT2D eigenvalue weighted by molar-refractivity contribution is 6.31. The van der Waals surface area contributed by atoms with Crippen LogP contribution in [0.2, 0.25) is 5.02 Å². The van der Waals surface area contributed by atoms with E-state index in [0.29, 0.717) is 28.4 Å². The zero-order valence-corrected chi connectivity index (χ0v) is 20.3. The fourth-order valence-electron chi connectivity index (χ4n) is 3.63. The molecule has 0 aliphatic carbocycles. The van der Waals surface area contributed by atoms with Gasteiger partial charge in [0, 0.05) is 67.0 Å². The van der Waals surface area contributed by atoms with Gasteiger partial charge < -0.3 is 14.4 Å². The second-order valence-electron chi connectivity index (χ2n) is 7.92. The van der Waals surface area contributed by atoms with Crippen LogP contribution >= 0.6 is 11.6 Å². The maximum absolute atomic E-state index is 12.1. The average Bonchev–Trinajstić information content (AvgIpc) is 3.26. The quantitative estimate of drug-likeness (QED) is 0.364. The van der Waals surface area contributed by atoms with E-state index >= 15 is 0 Å². The van der Waals surface area contributed by atoms with Crippen LogP contribution < -0.4 is 4.74 Å². The zero-order valence-electron chi connectivity index (χ0n) is 19.6. The predicted molar refractivity (Wildman–Crippen MR) is 131 cm³/mol. The summed E-state index contributed by atoms with van der Waals surface area (Å²) in [5, 5.41) is 5.70. The van der Waals surface area contributed by atoms with Crippen molar-refractivity contribution in [1.29, 1.82) is 0 Å². The standard InChI is InChI=1S/C25H26ClN5O3/c1-5-30(3)25(32)34-14-17-12-27-13-21(26)20(17)15-33-23-8-6-7-18-19(11-16(2)29-24(18)23)22-9-10-28-31(22)4/h6-13H,5,14-15H2,1-4H3. The molecule has 0 fully saturated rings. The molecule has 3 aromatic heterocycles. The van der Waals surface area contributed by atoms with E-state index in [4.69, 9.17) is 26.1 Å². The third kappa shape index (κ3) is 4.82. The van der Waals surface area contributed by atoms with Crippen molar-refractivity contribution in [2.45, 2.75) is 27.1 Å². The van der Waals surface area contributed by atoms with Crippen LogP contribution in [0.3, 0.4) is 0 Å². The summed E-state index contributed by atoms with van der Waals surface area (Å²) in [6.45, 7) is 4.61. The number of aromatic nitrogens is 4. The number of amides is 1. The van der Waals surface area contributed by atoms with E-state index in [9.17, 15) is 4.79 Å². The lowest BCUT2D eigenvalue weighted by molar-refractivity contribution is 0.106. The van der Waals surface area contributed by atoms with Crippen molar-refractivity contribution < 1.29 is 14.3 Å². The van der Waals surface area contributed by atoms with Crippen molar-refractivity contribution in [3.05, 3.63) is 70.8 Å².